The predicted octanol–water partition coefficient (Wildman–Crippen LogP) is 3.81. The highest BCUT2D eigenvalue weighted by Gasteiger charge is 2.34. The molecule has 1 saturated heterocycles. The Kier molecular flexibility index (Phi) is 4.57. The van der Waals surface area contributed by atoms with Gasteiger partial charge in [-0.25, -0.2) is 4.98 Å². The van der Waals surface area contributed by atoms with Crippen LogP contribution < -0.4 is 5.56 Å². The second kappa shape index (κ2) is 7.13. The number of hydrogen-bond donors (Lipinski definition) is 0. The van der Waals surface area contributed by atoms with Gasteiger partial charge in [-0.1, -0.05) is 6.42 Å². The molecular formula is C22H26N4O2S. The Labute approximate surface area is 173 Å². The van der Waals surface area contributed by atoms with Crippen molar-refractivity contribution in [1.82, 2.24) is 19.0 Å². The van der Waals surface area contributed by atoms with Gasteiger partial charge in [-0.15, -0.1) is 11.3 Å². The van der Waals surface area contributed by atoms with Crippen molar-refractivity contribution in [3.8, 4) is 0 Å². The molecule has 29 heavy (non-hydrogen) atoms. The van der Waals surface area contributed by atoms with Crippen molar-refractivity contribution in [2.75, 3.05) is 6.54 Å². The zero-order chi connectivity index (χ0) is 20.1. The zero-order valence-corrected chi connectivity index (χ0v) is 17.8. The van der Waals surface area contributed by atoms with E-state index < -0.39 is 0 Å². The number of hydrogen-bond acceptors (Lipinski definition) is 4. The van der Waals surface area contributed by atoms with Crippen LogP contribution in [0.1, 0.15) is 64.9 Å². The molecule has 1 fully saturated rings. The second-order valence-electron chi connectivity index (χ2n) is 8.23. The number of nitrogens with zero attached hydrogens (tertiary/aromatic N) is 4. The SMILES string of the molecule is Cc1c(C(=O)N2CCCC2c2cccn2C)sc2nc3n(c(=O)c12)CCCCC3. The molecule has 2 aliphatic rings. The Balaban J connectivity index is 1.57. The van der Waals surface area contributed by atoms with Gasteiger partial charge in [0.25, 0.3) is 11.5 Å². The first-order chi connectivity index (χ1) is 14.1. The number of aromatic nitrogens is 3. The summed E-state index contributed by atoms with van der Waals surface area (Å²) in [5.74, 6) is 0.914. The van der Waals surface area contributed by atoms with Crippen LogP contribution in [0.2, 0.25) is 0 Å². The predicted molar refractivity (Wildman–Crippen MR) is 115 cm³/mol. The Morgan fingerprint density at radius 2 is 2.07 bits per heavy atom. The lowest BCUT2D eigenvalue weighted by atomic mass is 10.1. The maximum atomic E-state index is 13.5. The monoisotopic (exact) mass is 410 g/mol. The molecule has 6 nitrogen and oxygen atoms in total. The van der Waals surface area contributed by atoms with Crippen LogP contribution in [0.4, 0.5) is 0 Å². The Morgan fingerprint density at radius 1 is 1.21 bits per heavy atom. The van der Waals surface area contributed by atoms with Crippen molar-refractivity contribution in [2.24, 2.45) is 7.05 Å². The molecule has 2 aliphatic heterocycles. The van der Waals surface area contributed by atoms with Gasteiger partial charge in [0.05, 0.1) is 16.3 Å². The quantitative estimate of drug-likeness (QED) is 0.645. The van der Waals surface area contributed by atoms with Crippen molar-refractivity contribution in [3.63, 3.8) is 0 Å². The Morgan fingerprint density at radius 3 is 2.86 bits per heavy atom. The third kappa shape index (κ3) is 2.94. The van der Waals surface area contributed by atoms with E-state index in [9.17, 15) is 9.59 Å². The first-order valence-electron chi connectivity index (χ1n) is 10.5. The van der Waals surface area contributed by atoms with Crippen LogP contribution in [0.3, 0.4) is 0 Å². The largest absolute Gasteiger partial charge is 0.353 e. The molecule has 5 heterocycles. The van der Waals surface area contributed by atoms with Crippen LogP contribution in [0, 0.1) is 6.92 Å². The fraction of sp³-hybridized carbons (Fsp3) is 0.500. The number of likely N-dealkylation sites (tertiary alicyclic amines) is 1. The van der Waals surface area contributed by atoms with E-state index in [0.29, 0.717) is 10.3 Å². The summed E-state index contributed by atoms with van der Waals surface area (Å²) in [7, 11) is 2.03. The number of fused-ring (bicyclic) bond motifs is 2. The van der Waals surface area contributed by atoms with Crippen molar-refractivity contribution < 1.29 is 4.79 Å². The van der Waals surface area contributed by atoms with Gasteiger partial charge in [-0.2, -0.15) is 0 Å². The van der Waals surface area contributed by atoms with E-state index in [1.54, 1.807) is 0 Å². The molecule has 3 aromatic rings. The molecule has 7 heteroatoms. The minimum atomic E-state index is 0.0279. The summed E-state index contributed by atoms with van der Waals surface area (Å²) >= 11 is 1.39. The number of rotatable bonds is 2. The summed E-state index contributed by atoms with van der Waals surface area (Å²) < 4.78 is 3.94. The normalized spacial score (nSPS) is 19.5. The fourth-order valence-electron chi connectivity index (χ4n) is 4.88. The molecule has 0 aromatic carbocycles. The standard InChI is InChI=1S/C22H26N4O2S/c1-14-18-20(23-17-10-4-3-5-12-26(17)21(18)27)29-19(14)22(28)25-13-7-9-16(25)15-8-6-11-24(15)2/h6,8,11,16H,3-5,7,9-10,12-13H2,1-2H3. The van der Waals surface area contributed by atoms with Gasteiger partial charge in [-0.3, -0.25) is 14.2 Å². The lowest BCUT2D eigenvalue weighted by Gasteiger charge is -2.25. The molecule has 1 unspecified atom stereocenters. The lowest BCUT2D eigenvalue weighted by Crippen LogP contribution is -2.31. The van der Waals surface area contributed by atoms with Crippen molar-refractivity contribution in [1.29, 1.82) is 0 Å². The molecule has 0 aliphatic carbocycles. The summed E-state index contributed by atoms with van der Waals surface area (Å²) in [6, 6.07) is 4.22. The molecule has 0 spiro atoms. The second-order valence-corrected chi connectivity index (χ2v) is 9.23. The van der Waals surface area contributed by atoms with Gasteiger partial charge >= 0.3 is 0 Å². The minimum absolute atomic E-state index is 0.0279. The number of aryl methyl sites for hydroxylation is 3. The van der Waals surface area contributed by atoms with Crippen LogP contribution >= 0.6 is 11.3 Å². The molecule has 1 amide bonds. The summed E-state index contributed by atoms with van der Waals surface area (Å²) in [6.45, 7) is 3.40. The number of carbonyl (C=O) groups excluding carboxylic acids is 1. The van der Waals surface area contributed by atoms with E-state index in [1.165, 1.54) is 17.0 Å². The maximum absolute atomic E-state index is 13.5. The van der Waals surface area contributed by atoms with Gasteiger partial charge in [-0.05, 0) is 50.3 Å². The van der Waals surface area contributed by atoms with E-state index in [2.05, 4.69) is 10.6 Å². The van der Waals surface area contributed by atoms with Crippen LogP contribution in [0.5, 0.6) is 0 Å². The van der Waals surface area contributed by atoms with Gasteiger partial charge in [0, 0.05) is 38.4 Å². The highest BCUT2D eigenvalue weighted by atomic mass is 32.1. The van der Waals surface area contributed by atoms with E-state index in [0.717, 1.165) is 67.8 Å². The minimum Gasteiger partial charge on any atom is -0.353 e. The summed E-state index contributed by atoms with van der Waals surface area (Å²) in [6.07, 6.45) is 8.06. The first kappa shape index (κ1) is 18.6. The van der Waals surface area contributed by atoms with E-state index in [4.69, 9.17) is 4.98 Å². The molecule has 3 aromatic heterocycles. The van der Waals surface area contributed by atoms with Crippen LogP contribution in [-0.2, 0) is 20.0 Å². The van der Waals surface area contributed by atoms with Crippen molar-refractivity contribution >= 4 is 27.5 Å². The molecule has 152 valence electrons. The van der Waals surface area contributed by atoms with Crippen LogP contribution in [-0.4, -0.2) is 31.5 Å². The molecule has 0 N–H and O–H groups in total. The Hall–Kier alpha value is -2.41. The molecule has 0 saturated carbocycles. The van der Waals surface area contributed by atoms with Gasteiger partial charge < -0.3 is 9.47 Å². The summed E-state index contributed by atoms with van der Waals surface area (Å²) in [4.78, 5) is 34.9. The number of thiophene rings is 1. The van der Waals surface area contributed by atoms with Gasteiger partial charge in [0.1, 0.15) is 10.7 Å². The number of amides is 1. The first-order valence-corrected chi connectivity index (χ1v) is 11.3. The molecule has 1 atom stereocenters. The van der Waals surface area contributed by atoms with Gasteiger partial charge in [0.2, 0.25) is 0 Å². The topological polar surface area (TPSA) is 60.1 Å². The van der Waals surface area contributed by atoms with Crippen LogP contribution in [0.15, 0.2) is 23.1 Å². The van der Waals surface area contributed by atoms with Crippen molar-refractivity contribution in [2.45, 2.75) is 58.0 Å². The average molecular weight is 411 g/mol. The van der Waals surface area contributed by atoms with E-state index in [1.807, 2.05) is 35.7 Å². The number of carbonyl (C=O) groups is 1. The maximum Gasteiger partial charge on any atom is 0.264 e. The van der Waals surface area contributed by atoms with E-state index in [-0.39, 0.29) is 17.5 Å². The molecule has 0 radical (unpaired) electrons. The highest BCUT2D eigenvalue weighted by molar-refractivity contribution is 7.20. The average Bonchev–Trinajstić information content (AvgIpc) is 3.37. The third-order valence-corrected chi connectivity index (χ3v) is 7.62. The Bertz CT molecular complexity index is 1160. The van der Waals surface area contributed by atoms with Gasteiger partial charge in [0.15, 0.2) is 0 Å². The lowest BCUT2D eigenvalue weighted by molar-refractivity contribution is 0.0735. The zero-order valence-electron chi connectivity index (χ0n) is 17.0. The summed E-state index contributed by atoms with van der Waals surface area (Å²) in [5.41, 5.74) is 1.99. The highest BCUT2D eigenvalue weighted by Crippen LogP contribution is 2.36. The molecule has 5 rings (SSSR count). The van der Waals surface area contributed by atoms with Crippen LogP contribution in [0.25, 0.3) is 10.2 Å². The third-order valence-electron chi connectivity index (χ3n) is 6.44. The summed E-state index contributed by atoms with van der Waals surface area (Å²) in [5, 5.41) is 0.638. The molecule has 0 bridgehead atoms. The smallest absolute Gasteiger partial charge is 0.264 e. The van der Waals surface area contributed by atoms with E-state index >= 15 is 0 Å². The molecular weight excluding hydrogens is 384 g/mol. The fourth-order valence-corrected chi connectivity index (χ4v) is 6.03. The van der Waals surface area contributed by atoms with Crippen molar-refractivity contribution in [3.05, 3.63) is 50.6 Å².